The van der Waals surface area contributed by atoms with Crippen molar-refractivity contribution >= 4 is 27.9 Å². The zero-order chi connectivity index (χ0) is 18.5. The van der Waals surface area contributed by atoms with Crippen LogP contribution in [0.25, 0.3) is 16.0 Å². The van der Waals surface area contributed by atoms with Gasteiger partial charge in [-0.2, -0.15) is 0 Å². The summed E-state index contributed by atoms with van der Waals surface area (Å²) in [5.74, 6) is 0. The molecule has 1 fully saturated rings. The fourth-order valence-corrected chi connectivity index (χ4v) is 4.50. The number of amides is 2. The van der Waals surface area contributed by atoms with Crippen LogP contribution in [0.2, 0.25) is 0 Å². The highest BCUT2D eigenvalue weighted by Crippen LogP contribution is 2.32. The van der Waals surface area contributed by atoms with Crippen LogP contribution < -0.4 is 21.3 Å². The number of carbonyl (C=O) groups is 1. The highest BCUT2D eigenvalue weighted by Gasteiger charge is 2.16. The zero-order valence-corrected chi connectivity index (χ0v) is 16.2. The molecule has 2 amide bonds. The maximum Gasteiger partial charge on any atom is 0.320 e. The van der Waals surface area contributed by atoms with E-state index in [1.54, 1.807) is 11.3 Å². The van der Waals surface area contributed by atoms with Crippen molar-refractivity contribution < 1.29 is 4.79 Å². The summed E-state index contributed by atoms with van der Waals surface area (Å²) in [4.78, 5) is 13.4. The molecule has 0 aliphatic carbocycles. The van der Waals surface area contributed by atoms with Crippen LogP contribution >= 0.6 is 11.3 Å². The normalized spacial score (nSPS) is 18.0. The Morgan fingerprint density at radius 2 is 1.74 bits per heavy atom. The number of carbonyl (C=O) groups excluding carboxylic acids is 1. The molecule has 1 aromatic carbocycles. The van der Waals surface area contributed by atoms with Gasteiger partial charge in [-0.25, -0.2) is 4.79 Å². The van der Waals surface area contributed by atoms with Crippen molar-refractivity contribution in [2.45, 2.75) is 25.3 Å². The van der Waals surface area contributed by atoms with Crippen LogP contribution in [0.3, 0.4) is 0 Å². The van der Waals surface area contributed by atoms with Crippen molar-refractivity contribution in [3.63, 3.8) is 0 Å². The van der Waals surface area contributed by atoms with E-state index in [-0.39, 0.29) is 12.1 Å². The average molecular weight is 383 g/mol. The van der Waals surface area contributed by atoms with E-state index < -0.39 is 0 Å². The van der Waals surface area contributed by atoms with Crippen molar-refractivity contribution in [3.8, 4) is 10.4 Å². The molecule has 3 heterocycles. The maximum absolute atomic E-state index is 12.2. The Morgan fingerprint density at radius 3 is 2.48 bits per heavy atom. The molecular weight excluding hydrogens is 356 g/mol. The van der Waals surface area contributed by atoms with E-state index in [4.69, 9.17) is 0 Å². The molecule has 0 bridgehead atoms. The summed E-state index contributed by atoms with van der Waals surface area (Å²) in [6.45, 7) is 3.94. The third-order valence-electron chi connectivity index (χ3n) is 5.12. The number of urea groups is 1. The molecule has 6 heteroatoms. The molecule has 0 radical (unpaired) electrons. The van der Waals surface area contributed by atoms with Gasteiger partial charge in [-0.1, -0.05) is 30.3 Å². The van der Waals surface area contributed by atoms with Gasteiger partial charge < -0.3 is 16.0 Å². The smallest absolute Gasteiger partial charge is 0.320 e. The van der Waals surface area contributed by atoms with Gasteiger partial charge in [0.1, 0.15) is 0 Å². The molecule has 0 unspecified atom stereocenters. The molecule has 2 aliphatic heterocycles. The van der Waals surface area contributed by atoms with Gasteiger partial charge in [0.25, 0.3) is 0 Å². The third kappa shape index (κ3) is 4.77. The summed E-state index contributed by atoms with van der Waals surface area (Å²) in [6, 6.07) is 12.9. The first-order chi connectivity index (χ1) is 13.3. The van der Waals surface area contributed by atoms with Gasteiger partial charge in [0.15, 0.2) is 0 Å². The lowest BCUT2D eigenvalue weighted by Gasteiger charge is -2.23. The van der Waals surface area contributed by atoms with Crippen LogP contribution in [0, 0.1) is 0 Å². The Bertz CT molecular complexity index is 806. The predicted molar refractivity (Wildman–Crippen MR) is 113 cm³/mol. The predicted octanol–water partition coefficient (Wildman–Crippen LogP) is 3.67. The standard InChI is InChI=1S/C21H26N4OS/c26-21(24-18-9-13-23-14-10-18)25-20-6-5-19(27-20)17-3-1-15(2-4-17)16-7-11-22-12-8-16/h1-7,18,22-23H,8-14H2,(H2,24,25,26). The molecule has 1 saturated heterocycles. The Balaban J connectivity index is 1.37. The zero-order valence-electron chi connectivity index (χ0n) is 15.4. The summed E-state index contributed by atoms with van der Waals surface area (Å²) in [5, 5.41) is 13.6. The highest BCUT2D eigenvalue weighted by molar-refractivity contribution is 7.19. The number of thiophene rings is 1. The summed E-state index contributed by atoms with van der Waals surface area (Å²) < 4.78 is 0. The topological polar surface area (TPSA) is 65.2 Å². The van der Waals surface area contributed by atoms with Crippen molar-refractivity contribution in [1.82, 2.24) is 16.0 Å². The van der Waals surface area contributed by atoms with Crippen LogP contribution in [0.4, 0.5) is 9.80 Å². The van der Waals surface area contributed by atoms with E-state index >= 15 is 0 Å². The number of nitrogens with one attached hydrogen (secondary N) is 4. The molecule has 5 nitrogen and oxygen atoms in total. The first kappa shape index (κ1) is 18.2. The van der Waals surface area contributed by atoms with Gasteiger partial charge in [0.05, 0.1) is 5.00 Å². The minimum atomic E-state index is -0.108. The van der Waals surface area contributed by atoms with E-state index in [9.17, 15) is 4.79 Å². The molecule has 1 aromatic heterocycles. The largest absolute Gasteiger partial charge is 0.335 e. The van der Waals surface area contributed by atoms with Crippen LogP contribution in [-0.4, -0.2) is 38.3 Å². The SMILES string of the molecule is O=C(Nc1ccc(-c2ccc(C3=CCNCC3)cc2)s1)NC1CCNCC1. The van der Waals surface area contributed by atoms with E-state index in [1.807, 2.05) is 6.07 Å². The lowest BCUT2D eigenvalue weighted by Crippen LogP contribution is -2.44. The molecule has 0 saturated carbocycles. The molecular formula is C21H26N4OS. The van der Waals surface area contributed by atoms with E-state index in [0.29, 0.717) is 0 Å². The van der Waals surface area contributed by atoms with Crippen LogP contribution in [0.1, 0.15) is 24.8 Å². The molecule has 4 rings (SSSR count). The van der Waals surface area contributed by atoms with Crippen LogP contribution in [0.15, 0.2) is 42.5 Å². The summed E-state index contributed by atoms with van der Waals surface area (Å²) in [6.07, 6.45) is 5.33. The minimum absolute atomic E-state index is 0.108. The van der Waals surface area contributed by atoms with Gasteiger partial charge >= 0.3 is 6.03 Å². The Labute approximate surface area is 164 Å². The molecule has 2 aliphatic rings. The molecule has 142 valence electrons. The fraction of sp³-hybridized carbons (Fsp3) is 0.381. The second-order valence-corrected chi connectivity index (χ2v) is 8.13. The Hall–Kier alpha value is -2.15. The molecule has 27 heavy (non-hydrogen) atoms. The van der Waals surface area contributed by atoms with E-state index in [1.165, 1.54) is 16.7 Å². The average Bonchev–Trinajstić information content (AvgIpc) is 3.18. The molecule has 2 aromatic rings. The Morgan fingerprint density at radius 1 is 0.963 bits per heavy atom. The van der Waals surface area contributed by atoms with Gasteiger partial charge in [-0.05, 0) is 67.7 Å². The second-order valence-electron chi connectivity index (χ2n) is 7.05. The lowest BCUT2D eigenvalue weighted by molar-refractivity contribution is 0.245. The number of hydrogen-bond donors (Lipinski definition) is 4. The third-order valence-corrected chi connectivity index (χ3v) is 6.17. The fourth-order valence-electron chi connectivity index (χ4n) is 3.59. The molecule has 0 spiro atoms. The van der Waals surface area contributed by atoms with Gasteiger partial charge in [0.2, 0.25) is 0 Å². The quantitative estimate of drug-likeness (QED) is 0.652. The van der Waals surface area contributed by atoms with E-state index in [2.05, 4.69) is 57.7 Å². The van der Waals surface area contributed by atoms with Crippen molar-refractivity contribution in [2.24, 2.45) is 0 Å². The van der Waals surface area contributed by atoms with Crippen LogP contribution in [-0.2, 0) is 0 Å². The van der Waals surface area contributed by atoms with Crippen molar-refractivity contribution in [1.29, 1.82) is 0 Å². The van der Waals surface area contributed by atoms with Crippen LogP contribution in [0.5, 0.6) is 0 Å². The number of benzene rings is 1. The lowest BCUT2D eigenvalue weighted by atomic mass is 9.99. The monoisotopic (exact) mass is 382 g/mol. The second kappa shape index (κ2) is 8.69. The maximum atomic E-state index is 12.2. The number of rotatable bonds is 4. The van der Waals surface area contributed by atoms with Gasteiger partial charge in [-0.15, -0.1) is 11.3 Å². The first-order valence-electron chi connectivity index (χ1n) is 9.66. The van der Waals surface area contributed by atoms with Crippen molar-refractivity contribution in [3.05, 3.63) is 48.0 Å². The number of piperidine rings is 1. The Kier molecular flexibility index (Phi) is 5.87. The van der Waals surface area contributed by atoms with E-state index in [0.717, 1.165) is 55.3 Å². The number of hydrogen-bond acceptors (Lipinski definition) is 4. The summed E-state index contributed by atoms with van der Waals surface area (Å²) >= 11 is 1.61. The number of anilines is 1. The highest BCUT2D eigenvalue weighted by atomic mass is 32.1. The summed E-state index contributed by atoms with van der Waals surface area (Å²) in [7, 11) is 0. The van der Waals surface area contributed by atoms with Crippen molar-refractivity contribution in [2.75, 3.05) is 31.5 Å². The van der Waals surface area contributed by atoms with Gasteiger partial charge in [0, 0.05) is 17.5 Å². The summed E-state index contributed by atoms with van der Waals surface area (Å²) in [5.41, 5.74) is 3.91. The molecule has 4 N–H and O–H groups in total. The minimum Gasteiger partial charge on any atom is -0.335 e. The molecule has 0 atom stereocenters. The van der Waals surface area contributed by atoms with Gasteiger partial charge in [-0.3, -0.25) is 5.32 Å². The first-order valence-corrected chi connectivity index (χ1v) is 10.5.